The van der Waals surface area contributed by atoms with Gasteiger partial charge in [-0.3, -0.25) is 0 Å². The van der Waals surface area contributed by atoms with Gasteiger partial charge in [0.2, 0.25) is 5.69 Å². The van der Waals surface area contributed by atoms with E-state index in [2.05, 4.69) is 84.5 Å². The molecule has 0 bridgehead atoms. The van der Waals surface area contributed by atoms with Gasteiger partial charge in [0.15, 0.2) is 5.71 Å². The molecule has 0 spiro atoms. The standard InChI is InChI=1S/C19H18INO.ClH/c1-19(2)15-6-4-5-7-17(15)21(3)18(19)11-9-13-8-10-14(22)12-16(13)20;/h4-12H,1-3H3;1H. The van der Waals surface area contributed by atoms with Crippen molar-refractivity contribution in [1.29, 1.82) is 0 Å². The third-order valence-corrected chi connectivity index (χ3v) is 5.28. The molecule has 0 amide bonds. The molecule has 2 aromatic rings. The second-order valence-corrected chi connectivity index (χ2v) is 7.29. The van der Waals surface area contributed by atoms with E-state index in [1.165, 1.54) is 17.0 Å². The highest BCUT2D eigenvalue weighted by molar-refractivity contribution is 14.1. The lowest BCUT2D eigenvalue weighted by atomic mass is 9.81. The SMILES string of the molecule is C[N+]1=C(/C=C/c2ccc(O)cc2I)C(C)(C)c2ccccc21.[Cl-]. The van der Waals surface area contributed by atoms with E-state index in [0.29, 0.717) is 5.75 Å². The minimum absolute atomic E-state index is 0. The summed E-state index contributed by atoms with van der Waals surface area (Å²) < 4.78 is 3.31. The molecule has 4 heteroatoms. The monoisotopic (exact) mass is 439 g/mol. The predicted molar refractivity (Wildman–Crippen MR) is 100 cm³/mol. The Labute approximate surface area is 157 Å². The molecule has 1 N–H and O–H groups in total. The lowest BCUT2D eigenvalue weighted by Crippen LogP contribution is -3.00. The van der Waals surface area contributed by atoms with Crippen LogP contribution in [0.3, 0.4) is 0 Å². The van der Waals surface area contributed by atoms with Gasteiger partial charge in [-0.1, -0.05) is 24.3 Å². The maximum Gasteiger partial charge on any atom is 0.209 e. The Morgan fingerprint density at radius 2 is 1.78 bits per heavy atom. The van der Waals surface area contributed by atoms with Crippen molar-refractivity contribution in [3.8, 4) is 5.75 Å². The van der Waals surface area contributed by atoms with Crippen LogP contribution in [0.1, 0.15) is 25.0 Å². The molecule has 0 saturated heterocycles. The molecule has 0 saturated carbocycles. The molecular formula is C19H19ClINO. The van der Waals surface area contributed by atoms with E-state index in [-0.39, 0.29) is 17.8 Å². The van der Waals surface area contributed by atoms with E-state index in [1.807, 2.05) is 6.07 Å². The maximum absolute atomic E-state index is 9.52. The molecule has 0 atom stereocenters. The molecule has 2 aromatic carbocycles. The van der Waals surface area contributed by atoms with Crippen molar-refractivity contribution in [2.75, 3.05) is 7.05 Å². The zero-order valence-corrected chi connectivity index (χ0v) is 16.3. The number of halogens is 2. The van der Waals surface area contributed by atoms with Crippen molar-refractivity contribution >= 4 is 40.1 Å². The number of benzene rings is 2. The second-order valence-electron chi connectivity index (χ2n) is 6.13. The maximum atomic E-state index is 9.52. The predicted octanol–water partition coefficient (Wildman–Crippen LogP) is 1.72. The van der Waals surface area contributed by atoms with Crippen molar-refractivity contribution in [2.45, 2.75) is 19.3 Å². The Hall–Kier alpha value is -1.33. The smallest absolute Gasteiger partial charge is 0.209 e. The summed E-state index contributed by atoms with van der Waals surface area (Å²) in [7, 11) is 2.12. The van der Waals surface area contributed by atoms with Gasteiger partial charge in [0.25, 0.3) is 0 Å². The van der Waals surface area contributed by atoms with Crippen LogP contribution in [0.15, 0.2) is 48.5 Å². The van der Waals surface area contributed by atoms with Crippen LogP contribution < -0.4 is 12.4 Å². The number of phenolic OH excluding ortho intramolecular Hbond substituents is 1. The summed E-state index contributed by atoms with van der Waals surface area (Å²) in [6.45, 7) is 4.52. The minimum Gasteiger partial charge on any atom is -1.00 e. The van der Waals surface area contributed by atoms with Crippen molar-refractivity contribution in [3.05, 3.63) is 63.2 Å². The third kappa shape index (κ3) is 3.17. The average molecular weight is 440 g/mol. The minimum atomic E-state index is -0.00972. The van der Waals surface area contributed by atoms with Gasteiger partial charge in [0, 0.05) is 21.3 Å². The molecule has 0 fully saturated rings. The van der Waals surface area contributed by atoms with Crippen LogP contribution in [0.4, 0.5) is 5.69 Å². The molecule has 120 valence electrons. The number of rotatable bonds is 2. The van der Waals surface area contributed by atoms with E-state index in [4.69, 9.17) is 0 Å². The quantitative estimate of drug-likeness (QED) is 0.559. The highest BCUT2D eigenvalue weighted by Gasteiger charge is 2.42. The average Bonchev–Trinajstić information content (AvgIpc) is 2.67. The van der Waals surface area contributed by atoms with E-state index in [0.717, 1.165) is 9.13 Å². The van der Waals surface area contributed by atoms with Gasteiger partial charge in [-0.05, 0) is 60.2 Å². The van der Waals surface area contributed by atoms with Crippen LogP contribution in [0.2, 0.25) is 0 Å². The van der Waals surface area contributed by atoms with Crippen molar-refractivity contribution in [3.63, 3.8) is 0 Å². The molecule has 1 aliphatic heterocycles. The number of para-hydroxylation sites is 1. The molecule has 1 aliphatic rings. The number of hydrogen-bond acceptors (Lipinski definition) is 1. The van der Waals surface area contributed by atoms with Crippen molar-refractivity contribution in [1.82, 2.24) is 0 Å². The topological polar surface area (TPSA) is 23.2 Å². The molecule has 23 heavy (non-hydrogen) atoms. The number of phenols is 1. The fraction of sp³-hybridized carbons (Fsp3) is 0.211. The van der Waals surface area contributed by atoms with E-state index in [1.54, 1.807) is 12.1 Å². The van der Waals surface area contributed by atoms with Gasteiger partial charge in [-0.15, -0.1) is 0 Å². The second kappa shape index (κ2) is 6.65. The normalized spacial score (nSPS) is 15.7. The summed E-state index contributed by atoms with van der Waals surface area (Å²) in [6.07, 6.45) is 4.31. The van der Waals surface area contributed by atoms with Crippen LogP contribution >= 0.6 is 22.6 Å². The van der Waals surface area contributed by atoms with Crippen molar-refractivity contribution < 1.29 is 22.1 Å². The number of nitrogens with zero attached hydrogens (tertiary/aromatic N) is 1. The van der Waals surface area contributed by atoms with Gasteiger partial charge in [-0.2, -0.15) is 4.58 Å². The number of fused-ring (bicyclic) bond motifs is 1. The molecule has 0 aliphatic carbocycles. The number of allylic oxidation sites excluding steroid dienone is 1. The lowest BCUT2D eigenvalue weighted by molar-refractivity contribution is -0.401. The lowest BCUT2D eigenvalue weighted by Gasteiger charge is -2.15. The van der Waals surface area contributed by atoms with Crippen LogP contribution in [-0.4, -0.2) is 22.4 Å². The van der Waals surface area contributed by atoms with E-state index < -0.39 is 0 Å². The summed E-state index contributed by atoms with van der Waals surface area (Å²) in [6, 6.07) is 14.0. The van der Waals surface area contributed by atoms with Crippen LogP contribution in [-0.2, 0) is 5.41 Å². The molecular weight excluding hydrogens is 421 g/mol. The summed E-state index contributed by atoms with van der Waals surface area (Å²) in [5.74, 6) is 0.305. The summed E-state index contributed by atoms with van der Waals surface area (Å²) in [5, 5.41) is 9.52. The summed E-state index contributed by atoms with van der Waals surface area (Å²) in [5.41, 5.74) is 5.01. The van der Waals surface area contributed by atoms with Crippen molar-refractivity contribution in [2.24, 2.45) is 0 Å². The summed E-state index contributed by atoms with van der Waals surface area (Å²) >= 11 is 2.25. The molecule has 3 rings (SSSR count). The molecule has 0 radical (unpaired) electrons. The van der Waals surface area contributed by atoms with Crippen LogP contribution in [0.25, 0.3) is 6.08 Å². The fourth-order valence-electron chi connectivity index (χ4n) is 3.12. The van der Waals surface area contributed by atoms with Crippen LogP contribution in [0.5, 0.6) is 5.75 Å². The molecule has 2 nitrogen and oxygen atoms in total. The van der Waals surface area contributed by atoms with Crippen LogP contribution in [0, 0.1) is 3.57 Å². The Morgan fingerprint density at radius 1 is 1.09 bits per heavy atom. The third-order valence-electron chi connectivity index (χ3n) is 4.35. The summed E-state index contributed by atoms with van der Waals surface area (Å²) in [4.78, 5) is 0. The zero-order valence-electron chi connectivity index (χ0n) is 13.3. The first kappa shape index (κ1) is 18.0. The zero-order chi connectivity index (χ0) is 15.9. The first-order valence-corrected chi connectivity index (χ1v) is 8.36. The van der Waals surface area contributed by atoms with E-state index in [9.17, 15) is 5.11 Å². The molecule has 0 aromatic heterocycles. The van der Waals surface area contributed by atoms with Gasteiger partial charge < -0.3 is 17.5 Å². The van der Waals surface area contributed by atoms with E-state index >= 15 is 0 Å². The Kier molecular flexibility index (Phi) is 5.21. The Balaban J connectivity index is 0.00000192. The molecule has 1 heterocycles. The first-order chi connectivity index (χ1) is 10.4. The van der Waals surface area contributed by atoms with Gasteiger partial charge in [-0.25, -0.2) is 0 Å². The highest BCUT2D eigenvalue weighted by atomic mass is 127. The highest BCUT2D eigenvalue weighted by Crippen LogP contribution is 2.39. The van der Waals surface area contributed by atoms with Gasteiger partial charge in [0.1, 0.15) is 12.8 Å². The first-order valence-electron chi connectivity index (χ1n) is 7.28. The Morgan fingerprint density at radius 3 is 2.43 bits per heavy atom. The Bertz CT molecular complexity index is 809. The fourth-order valence-corrected chi connectivity index (χ4v) is 3.80. The van der Waals surface area contributed by atoms with Gasteiger partial charge >= 0.3 is 0 Å². The molecule has 0 unspecified atom stereocenters. The van der Waals surface area contributed by atoms with Gasteiger partial charge in [0.05, 0.1) is 5.41 Å². The number of hydrogen-bond donors (Lipinski definition) is 1. The largest absolute Gasteiger partial charge is 1.00 e. The number of aromatic hydroxyl groups is 1.